The molecule has 4 atom stereocenters. The van der Waals surface area contributed by atoms with Crippen LogP contribution >= 0.6 is 11.3 Å². The molecule has 0 aliphatic carbocycles. The van der Waals surface area contributed by atoms with Gasteiger partial charge in [0.15, 0.2) is 0 Å². The number of aliphatic hydroxyl groups is 1. The maximum absolute atomic E-state index is 13.8. The molecule has 1 aliphatic heterocycles. The Morgan fingerprint density at radius 1 is 1.10 bits per heavy atom. The van der Waals surface area contributed by atoms with Crippen LogP contribution in [0.3, 0.4) is 0 Å². The van der Waals surface area contributed by atoms with Crippen molar-refractivity contribution in [3.63, 3.8) is 0 Å². The van der Waals surface area contributed by atoms with Crippen molar-refractivity contribution >= 4 is 35.2 Å². The molecule has 0 spiro atoms. The summed E-state index contributed by atoms with van der Waals surface area (Å²) in [6.45, 7) is 9.69. The van der Waals surface area contributed by atoms with Gasteiger partial charge in [-0.25, -0.2) is 9.78 Å². The highest BCUT2D eigenvalue weighted by Crippen LogP contribution is 2.29. The van der Waals surface area contributed by atoms with Gasteiger partial charge in [0.05, 0.1) is 28.2 Å². The van der Waals surface area contributed by atoms with Gasteiger partial charge in [-0.05, 0) is 43.2 Å². The number of aromatic nitrogens is 1. The first-order valence-corrected chi connectivity index (χ1v) is 15.2. The molecule has 0 unspecified atom stereocenters. The molecule has 0 radical (unpaired) electrons. The summed E-state index contributed by atoms with van der Waals surface area (Å²) < 4.78 is 0. The van der Waals surface area contributed by atoms with Crippen molar-refractivity contribution in [2.75, 3.05) is 13.1 Å². The van der Waals surface area contributed by atoms with Crippen LogP contribution in [0.15, 0.2) is 29.8 Å². The highest BCUT2D eigenvalue weighted by molar-refractivity contribution is 7.13. The number of aliphatic hydroxyl groups excluding tert-OH is 1. The number of nitrogens with zero attached hydrogens (tertiary/aromatic N) is 2. The predicted molar refractivity (Wildman–Crippen MR) is 161 cm³/mol. The summed E-state index contributed by atoms with van der Waals surface area (Å²) in [5.41, 5.74) is 4.10. The van der Waals surface area contributed by atoms with Gasteiger partial charge in [-0.3, -0.25) is 14.4 Å². The number of rotatable bonds is 12. The minimum absolute atomic E-state index is 0.00717. The van der Waals surface area contributed by atoms with E-state index in [2.05, 4.69) is 20.9 Å². The van der Waals surface area contributed by atoms with Crippen LogP contribution in [0.5, 0.6) is 0 Å². The number of amides is 4. The van der Waals surface area contributed by atoms with Crippen LogP contribution in [-0.2, 0) is 14.4 Å². The smallest absolute Gasteiger partial charge is 0.404 e. The van der Waals surface area contributed by atoms with E-state index < -0.39 is 35.6 Å². The topological polar surface area (TPSA) is 161 Å². The van der Waals surface area contributed by atoms with Crippen molar-refractivity contribution in [3.8, 4) is 10.4 Å². The summed E-state index contributed by atoms with van der Waals surface area (Å²) in [4.78, 5) is 57.2. The first-order chi connectivity index (χ1) is 19.8. The average molecular weight is 602 g/mol. The second kappa shape index (κ2) is 14.6. The second-order valence-corrected chi connectivity index (χ2v) is 12.8. The van der Waals surface area contributed by atoms with Crippen LogP contribution < -0.4 is 16.0 Å². The van der Waals surface area contributed by atoms with Crippen molar-refractivity contribution in [1.82, 2.24) is 25.8 Å². The lowest BCUT2D eigenvalue weighted by Gasteiger charge is -2.35. The molecule has 1 saturated heterocycles. The number of likely N-dealkylation sites (tertiary alicyclic amines) is 1. The summed E-state index contributed by atoms with van der Waals surface area (Å²) in [6, 6.07) is 5.83. The molecule has 0 bridgehead atoms. The number of carbonyl (C=O) groups is 4. The van der Waals surface area contributed by atoms with Gasteiger partial charge in [0.2, 0.25) is 17.7 Å². The number of carboxylic acid groups (broad SMARTS) is 1. The SMILES string of the molecule is Cc1ncsc1-c1ccc([C@H](C)NC(=O)[C@@H]2C[C@@H](O)CN2C(=O)[C@@H](NC(=O)CCCCCNC(=O)O)C(C)(C)C)cc1. The third kappa shape index (κ3) is 8.99. The third-order valence-corrected chi connectivity index (χ3v) is 8.39. The molecule has 1 aromatic carbocycles. The standard InChI is InChI=1S/C30H43N5O6S/c1-18(20-10-12-21(13-11-20)25-19(2)32-17-42-25)33-27(38)23-15-22(36)16-35(23)28(39)26(30(3,4)5)34-24(37)9-7-6-8-14-31-29(40)41/h10-13,17-18,22-23,26,31,36H,6-9,14-16H2,1-5H3,(H,33,38)(H,34,37)(H,40,41)/t18-,22+,23-,26+/m0/s1. The van der Waals surface area contributed by atoms with Crippen molar-refractivity contribution < 1.29 is 29.4 Å². The van der Waals surface area contributed by atoms with Crippen LogP contribution in [0.2, 0.25) is 0 Å². The molecule has 0 saturated carbocycles. The zero-order chi connectivity index (χ0) is 31.0. The molecule has 11 nitrogen and oxygen atoms in total. The van der Waals surface area contributed by atoms with Gasteiger partial charge < -0.3 is 31.1 Å². The Kier molecular flexibility index (Phi) is 11.5. The fourth-order valence-corrected chi connectivity index (χ4v) is 5.84. The molecule has 2 heterocycles. The lowest BCUT2D eigenvalue weighted by molar-refractivity contribution is -0.144. The molecule has 2 aromatic rings. The van der Waals surface area contributed by atoms with E-state index in [-0.39, 0.29) is 37.2 Å². The van der Waals surface area contributed by atoms with E-state index in [1.54, 1.807) is 11.3 Å². The van der Waals surface area contributed by atoms with E-state index in [0.717, 1.165) is 21.7 Å². The number of β-amino-alcohol motifs (C(OH)–C–C–N with tert-alkyl or cyclic N) is 1. The first-order valence-electron chi connectivity index (χ1n) is 14.3. The molecule has 1 aliphatic rings. The number of nitrogens with one attached hydrogen (secondary N) is 3. The molecule has 3 rings (SSSR count). The summed E-state index contributed by atoms with van der Waals surface area (Å²) in [5, 5.41) is 27.2. The zero-order valence-corrected chi connectivity index (χ0v) is 25.8. The Labute approximate surface area is 251 Å². The molecule has 1 aromatic heterocycles. The molecular weight excluding hydrogens is 558 g/mol. The number of aryl methyl sites for hydroxylation is 1. The Balaban J connectivity index is 1.62. The highest BCUT2D eigenvalue weighted by atomic mass is 32.1. The summed E-state index contributed by atoms with van der Waals surface area (Å²) >= 11 is 1.57. The highest BCUT2D eigenvalue weighted by Gasteiger charge is 2.44. The van der Waals surface area contributed by atoms with Crippen molar-refractivity contribution in [3.05, 3.63) is 41.0 Å². The quantitative estimate of drug-likeness (QED) is 0.232. The monoisotopic (exact) mass is 601 g/mol. The van der Waals surface area contributed by atoms with E-state index in [1.807, 2.05) is 64.4 Å². The van der Waals surface area contributed by atoms with E-state index in [1.165, 1.54) is 4.90 Å². The summed E-state index contributed by atoms with van der Waals surface area (Å²) in [6.07, 6.45) is 0.198. The lowest BCUT2D eigenvalue weighted by atomic mass is 9.85. The van der Waals surface area contributed by atoms with E-state index in [0.29, 0.717) is 25.8 Å². The van der Waals surface area contributed by atoms with Gasteiger partial charge in [-0.2, -0.15) is 0 Å². The van der Waals surface area contributed by atoms with E-state index in [4.69, 9.17) is 5.11 Å². The largest absolute Gasteiger partial charge is 0.465 e. The van der Waals surface area contributed by atoms with Crippen molar-refractivity contribution in [2.45, 2.75) is 91.0 Å². The molecule has 42 heavy (non-hydrogen) atoms. The third-order valence-electron chi connectivity index (χ3n) is 7.42. The van der Waals surface area contributed by atoms with Gasteiger partial charge >= 0.3 is 6.09 Å². The summed E-state index contributed by atoms with van der Waals surface area (Å²) in [7, 11) is 0. The van der Waals surface area contributed by atoms with Crippen LogP contribution in [-0.4, -0.2) is 75.2 Å². The average Bonchev–Trinajstić information content (AvgIpc) is 3.53. The van der Waals surface area contributed by atoms with Crippen molar-refractivity contribution in [1.29, 1.82) is 0 Å². The number of hydrogen-bond acceptors (Lipinski definition) is 7. The maximum atomic E-state index is 13.8. The van der Waals surface area contributed by atoms with Crippen LogP contribution in [0.1, 0.15) is 77.1 Å². The van der Waals surface area contributed by atoms with Gasteiger partial charge in [-0.1, -0.05) is 51.5 Å². The molecule has 5 N–H and O–H groups in total. The Bertz CT molecular complexity index is 1240. The number of thiazole rings is 1. The molecule has 230 valence electrons. The van der Waals surface area contributed by atoms with Crippen molar-refractivity contribution in [2.24, 2.45) is 5.41 Å². The number of unbranched alkanes of at least 4 members (excludes halogenated alkanes) is 2. The fourth-order valence-electron chi connectivity index (χ4n) is 5.03. The number of hydrogen-bond donors (Lipinski definition) is 5. The van der Waals surface area contributed by atoms with Gasteiger partial charge in [0.1, 0.15) is 12.1 Å². The van der Waals surface area contributed by atoms with Crippen LogP contribution in [0, 0.1) is 12.3 Å². The Morgan fingerprint density at radius 3 is 2.38 bits per heavy atom. The van der Waals surface area contributed by atoms with Crippen LogP contribution in [0.4, 0.5) is 4.79 Å². The van der Waals surface area contributed by atoms with E-state index >= 15 is 0 Å². The second-order valence-electron chi connectivity index (χ2n) is 11.9. The van der Waals surface area contributed by atoms with E-state index in [9.17, 15) is 24.3 Å². The molecule has 1 fully saturated rings. The summed E-state index contributed by atoms with van der Waals surface area (Å²) in [5.74, 6) is -1.06. The minimum Gasteiger partial charge on any atom is -0.465 e. The fraction of sp³-hybridized carbons (Fsp3) is 0.567. The normalized spacial score (nSPS) is 18.3. The predicted octanol–water partition coefficient (Wildman–Crippen LogP) is 3.62. The zero-order valence-electron chi connectivity index (χ0n) is 25.0. The van der Waals surface area contributed by atoms with Gasteiger partial charge in [0, 0.05) is 25.9 Å². The molecule has 4 amide bonds. The minimum atomic E-state index is -1.08. The number of benzene rings is 1. The Hall–Kier alpha value is -3.51. The van der Waals surface area contributed by atoms with Gasteiger partial charge in [-0.15, -0.1) is 11.3 Å². The molecular formula is C30H43N5O6S. The van der Waals surface area contributed by atoms with Crippen LogP contribution in [0.25, 0.3) is 10.4 Å². The molecule has 12 heteroatoms. The van der Waals surface area contributed by atoms with Gasteiger partial charge in [0.25, 0.3) is 0 Å². The number of carbonyl (C=O) groups excluding carboxylic acids is 3. The lowest BCUT2D eigenvalue weighted by Crippen LogP contribution is -2.57. The Morgan fingerprint density at radius 2 is 1.79 bits per heavy atom. The first kappa shape index (κ1) is 33.0. The maximum Gasteiger partial charge on any atom is 0.404 e.